The van der Waals surface area contributed by atoms with E-state index in [2.05, 4.69) is 4.90 Å². The molecule has 0 unspecified atom stereocenters. The molecule has 0 aromatic heterocycles. The third-order valence-corrected chi connectivity index (χ3v) is 4.37. The van der Waals surface area contributed by atoms with Gasteiger partial charge >= 0.3 is 0 Å². The van der Waals surface area contributed by atoms with Crippen LogP contribution in [0.5, 0.6) is 11.5 Å². The molecule has 0 saturated carbocycles. The zero-order valence-corrected chi connectivity index (χ0v) is 15.1. The molecule has 0 bridgehead atoms. The highest BCUT2D eigenvalue weighted by Crippen LogP contribution is 2.40. The fourth-order valence-corrected chi connectivity index (χ4v) is 3.23. The normalized spacial score (nSPS) is 17.4. The van der Waals surface area contributed by atoms with E-state index in [1.165, 1.54) is 0 Å². The largest absolute Gasteiger partial charge is 0.454 e. The number of hydrogen-bond acceptors (Lipinski definition) is 6. The molecule has 1 aromatic carbocycles. The van der Waals surface area contributed by atoms with Crippen LogP contribution in [0.2, 0.25) is 0 Å². The van der Waals surface area contributed by atoms with E-state index in [0.717, 1.165) is 11.3 Å². The molecule has 7 nitrogen and oxygen atoms in total. The van der Waals surface area contributed by atoms with E-state index >= 15 is 0 Å². The van der Waals surface area contributed by atoms with E-state index < -0.39 is 5.60 Å². The average Bonchev–Trinajstić information content (AvgIpc) is 2.99. The summed E-state index contributed by atoms with van der Waals surface area (Å²) < 4.78 is 16.1. The van der Waals surface area contributed by atoms with Crippen LogP contribution in [-0.2, 0) is 16.1 Å². The van der Waals surface area contributed by atoms with Crippen molar-refractivity contribution in [3.05, 3.63) is 17.7 Å². The lowest BCUT2D eigenvalue weighted by Gasteiger charge is -2.36. The topological polar surface area (TPSA) is 71.5 Å². The number of β-amino-alcohol motifs (C(OH)–C–C–N with tert-alkyl or cyclic N) is 1. The van der Waals surface area contributed by atoms with Crippen molar-refractivity contribution in [1.82, 2.24) is 4.90 Å². The minimum absolute atomic E-state index is 0.0844. The number of anilines is 1. The molecule has 138 valence electrons. The van der Waals surface area contributed by atoms with Crippen molar-refractivity contribution in [1.29, 1.82) is 0 Å². The van der Waals surface area contributed by atoms with Crippen LogP contribution < -0.4 is 14.4 Å². The zero-order valence-electron chi connectivity index (χ0n) is 15.1. The first-order chi connectivity index (χ1) is 11.9. The second-order valence-corrected chi connectivity index (χ2v) is 7.13. The van der Waals surface area contributed by atoms with Crippen molar-refractivity contribution >= 4 is 11.6 Å². The Hall–Kier alpha value is -1.99. The number of rotatable bonds is 5. The van der Waals surface area contributed by atoms with Crippen LogP contribution in [0, 0.1) is 0 Å². The van der Waals surface area contributed by atoms with Gasteiger partial charge in [-0.2, -0.15) is 0 Å². The number of aliphatic hydroxyl groups is 1. The molecule has 0 aliphatic carbocycles. The Kier molecular flexibility index (Phi) is 5.06. The van der Waals surface area contributed by atoms with Crippen LogP contribution >= 0.6 is 0 Å². The van der Waals surface area contributed by atoms with E-state index in [1.54, 1.807) is 21.0 Å². The first-order valence-electron chi connectivity index (χ1n) is 8.54. The lowest BCUT2D eigenvalue weighted by molar-refractivity contribution is -0.132. The van der Waals surface area contributed by atoms with Gasteiger partial charge in [0.1, 0.15) is 0 Å². The third-order valence-electron chi connectivity index (χ3n) is 4.37. The fourth-order valence-electron chi connectivity index (χ4n) is 3.23. The molecule has 1 amide bonds. The zero-order chi connectivity index (χ0) is 18.0. The first kappa shape index (κ1) is 17.8. The Morgan fingerprint density at radius 1 is 1.24 bits per heavy atom. The van der Waals surface area contributed by atoms with Gasteiger partial charge in [-0.25, -0.2) is 0 Å². The van der Waals surface area contributed by atoms with Gasteiger partial charge in [-0.15, -0.1) is 0 Å². The Morgan fingerprint density at radius 3 is 2.64 bits per heavy atom. The molecule has 3 rings (SSSR count). The molecular weight excluding hydrogens is 324 g/mol. The van der Waals surface area contributed by atoms with Gasteiger partial charge in [-0.1, -0.05) is 0 Å². The van der Waals surface area contributed by atoms with E-state index in [-0.39, 0.29) is 12.7 Å². The molecule has 0 atom stereocenters. The molecule has 2 aliphatic heterocycles. The molecule has 0 spiro atoms. The van der Waals surface area contributed by atoms with Crippen molar-refractivity contribution in [3.8, 4) is 11.5 Å². The van der Waals surface area contributed by atoms with Gasteiger partial charge in [0.05, 0.1) is 12.2 Å². The average molecular weight is 350 g/mol. The fraction of sp³-hybridized carbons (Fsp3) is 0.611. The van der Waals surface area contributed by atoms with Gasteiger partial charge in [-0.05, 0) is 25.5 Å². The molecule has 25 heavy (non-hydrogen) atoms. The quantitative estimate of drug-likeness (QED) is 0.865. The van der Waals surface area contributed by atoms with Gasteiger partial charge in [0.2, 0.25) is 12.7 Å². The number of methoxy groups -OCH3 is 1. The Morgan fingerprint density at radius 2 is 1.96 bits per heavy atom. The second kappa shape index (κ2) is 7.09. The lowest BCUT2D eigenvalue weighted by atomic mass is 10.0. The van der Waals surface area contributed by atoms with Crippen molar-refractivity contribution < 1.29 is 24.1 Å². The summed E-state index contributed by atoms with van der Waals surface area (Å²) in [6.07, 6.45) is 0.397. The molecule has 0 fully saturated rings. The van der Waals surface area contributed by atoms with Crippen LogP contribution in [0.25, 0.3) is 0 Å². The lowest BCUT2D eigenvalue weighted by Crippen LogP contribution is -2.44. The van der Waals surface area contributed by atoms with E-state index in [1.807, 2.05) is 17.0 Å². The smallest absolute Gasteiger partial charge is 0.231 e. The summed E-state index contributed by atoms with van der Waals surface area (Å²) >= 11 is 0. The van der Waals surface area contributed by atoms with Gasteiger partial charge in [0.25, 0.3) is 0 Å². The molecule has 1 N–H and O–H groups in total. The molecular formula is C18H26N2O5. The van der Waals surface area contributed by atoms with Crippen LogP contribution in [0.1, 0.15) is 25.8 Å². The maximum Gasteiger partial charge on any atom is 0.231 e. The summed E-state index contributed by atoms with van der Waals surface area (Å²) in [5, 5.41) is 10.3. The highest BCUT2D eigenvalue weighted by Gasteiger charge is 2.28. The highest BCUT2D eigenvalue weighted by molar-refractivity contribution is 5.78. The molecule has 0 saturated heterocycles. The van der Waals surface area contributed by atoms with Crippen molar-refractivity contribution in [2.24, 2.45) is 0 Å². The number of carbonyl (C=O) groups is 1. The number of hydrogen-bond donors (Lipinski definition) is 1. The first-order valence-corrected chi connectivity index (χ1v) is 8.54. The monoisotopic (exact) mass is 350 g/mol. The minimum Gasteiger partial charge on any atom is -0.454 e. The number of amides is 1. The van der Waals surface area contributed by atoms with E-state index in [4.69, 9.17) is 14.2 Å². The number of fused-ring (bicyclic) bond motifs is 2. The SMILES string of the molecule is COCCN1Cc2cc3c(cc2N(CC(C)(C)O)CCC1=O)OCO3. The Bertz CT molecular complexity index is 641. The van der Waals surface area contributed by atoms with Crippen molar-refractivity contribution in [2.75, 3.05) is 45.0 Å². The third kappa shape index (κ3) is 4.16. The Labute approximate surface area is 148 Å². The summed E-state index contributed by atoms with van der Waals surface area (Å²) in [5.41, 5.74) is 1.09. The maximum atomic E-state index is 12.6. The summed E-state index contributed by atoms with van der Waals surface area (Å²) in [6.45, 7) is 6.25. The van der Waals surface area contributed by atoms with Crippen LogP contribution in [-0.4, -0.2) is 61.7 Å². The van der Waals surface area contributed by atoms with E-state index in [0.29, 0.717) is 50.7 Å². The van der Waals surface area contributed by atoms with Crippen LogP contribution in [0.3, 0.4) is 0 Å². The van der Waals surface area contributed by atoms with Gasteiger partial charge in [0, 0.05) is 51.5 Å². The molecule has 0 radical (unpaired) electrons. The summed E-state index contributed by atoms with van der Waals surface area (Å²) in [6, 6.07) is 3.89. The van der Waals surface area contributed by atoms with Crippen LogP contribution in [0.15, 0.2) is 12.1 Å². The number of nitrogens with zero attached hydrogens (tertiary/aromatic N) is 2. The highest BCUT2D eigenvalue weighted by atomic mass is 16.7. The predicted molar refractivity (Wildman–Crippen MR) is 93.0 cm³/mol. The van der Waals surface area contributed by atoms with Crippen molar-refractivity contribution in [2.45, 2.75) is 32.4 Å². The Balaban J connectivity index is 1.96. The van der Waals surface area contributed by atoms with Gasteiger partial charge in [0.15, 0.2) is 11.5 Å². The van der Waals surface area contributed by atoms with Crippen LogP contribution in [0.4, 0.5) is 5.69 Å². The molecule has 1 aromatic rings. The van der Waals surface area contributed by atoms with E-state index in [9.17, 15) is 9.90 Å². The molecule has 2 heterocycles. The minimum atomic E-state index is -0.869. The molecule has 2 aliphatic rings. The maximum absolute atomic E-state index is 12.6. The molecule has 7 heteroatoms. The standard InChI is InChI=1S/C18H26N2O5/c1-18(2,22)11-20-5-4-17(21)19(6-7-23-3)10-13-8-15-16(9-14(13)20)25-12-24-15/h8-9,22H,4-7,10-12H2,1-3H3. The number of benzene rings is 1. The second-order valence-electron chi connectivity index (χ2n) is 7.13. The van der Waals surface area contributed by atoms with Gasteiger partial charge < -0.3 is 29.1 Å². The summed E-state index contributed by atoms with van der Waals surface area (Å²) in [4.78, 5) is 16.4. The van der Waals surface area contributed by atoms with Gasteiger partial charge in [-0.3, -0.25) is 4.79 Å². The predicted octanol–water partition coefficient (Wildman–Crippen LogP) is 1.37. The number of ether oxygens (including phenoxy) is 3. The summed E-state index contributed by atoms with van der Waals surface area (Å²) in [7, 11) is 1.63. The van der Waals surface area contributed by atoms with Crippen molar-refractivity contribution in [3.63, 3.8) is 0 Å². The summed E-state index contributed by atoms with van der Waals surface area (Å²) in [5.74, 6) is 1.48. The number of carbonyl (C=O) groups excluding carboxylic acids is 1.